The van der Waals surface area contributed by atoms with E-state index in [-0.39, 0.29) is 24.4 Å². The number of piperidine rings is 1. The maximum Gasteiger partial charge on any atom is 0.234 e. The van der Waals surface area contributed by atoms with E-state index >= 15 is 0 Å². The number of amides is 2. The van der Waals surface area contributed by atoms with Gasteiger partial charge in [0, 0.05) is 26.2 Å². The summed E-state index contributed by atoms with van der Waals surface area (Å²) in [6, 6.07) is 0.195. The molecule has 0 aromatic rings. The van der Waals surface area contributed by atoms with Crippen molar-refractivity contribution in [2.45, 2.75) is 18.9 Å². The minimum Gasteiger partial charge on any atom is -0.358 e. The average Bonchev–Trinajstić information content (AvgIpc) is 2.41. The molecule has 1 aliphatic rings. The fraction of sp³-hybridized carbons (Fsp3) is 0.692. The van der Waals surface area contributed by atoms with Gasteiger partial charge in [0.15, 0.2) is 0 Å². The minimum atomic E-state index is -0.0278. The first kappa shape index (κ1) is 15.5. The molecule has 1 heterocycles. The lowest BCUT2D eigenvalue weighted by Gasteiger charge is -2.31. The van der Waals surface area contributed by atoms with Crippen LogP contribution in [0.15, 0.2) is 0 Å². The van der Waals surface area contributed by atoms with Gasteiger partial charge in [-0.3, -0.25) is 19.8 Å². The largest absolute Gasteiger partial charge is 0.358 e. The Kier molecular flexibility index (Phi) is 6.93. The number of hydrogen-bond acceptors (Lipinski definition) is 4. The third-order valence-corrected chi connectivity index (χ3v) is 3.11. The number of carbonyl (C=O) groups is 2. The molecular weight excluding hydrogens is 244 g/mol. The van der Waals surface area contributed by atoms with E-state index in [1.165, 1.54) is 0 Å². The molecule has 6 nitrogen and oxygen atoms in total. The van der Waals surface area contributed by atoms with Crippen LogP contribution in [-0.2, 0) is 9.59 Å². The Morgan fingerprint density at radius 2 is 2.00 bits per heavy atom. The lowest BCUT2D eigenvalue weighted by Crippen LogP contribution is -2.48. The number of rotatable bonds is 6. The van der Waals surface area contributed by atoms with E-state index in [0.29, 0.717) is 13.1 Å². The maximum atomic E-state index is 11.6. The summed E-state index contributed by atoms with van der Waals surface area (Å²) >= 11 is 0. The topological polar surface area (TPSA) is 73.5 Å². The van der Waals surface area contributed by atoms with Crippen LogP contribution in [0.25, 0.3) is 0 Å². The van der Waals surface area contributed by atoms with Crippen molar-refractivity contribution in [3.05, 3.63) is 0 Å². The zero-order chi connectivity index (χ0) is 14.1. The quantitative estimate of drug-likeness (QED) is 0.406. The SMILES string of the molecule is C#CCNCC(=O)NC1CCN(CC(=O)NC)CC1. The van der Waals surface area contributed by atoms with Gasteiger partial charge in [0.1, 0.15) is 0 Å². The molecule has 0 atom stereocenters. The van der Waals surface area contributed by atoms with E-state index in [0.717, 1.165) is 25.9 Å². The van der Waals surface area contributed by atoms with Crippen LogP contribution in [0.4, 0.5) is 0 Å². The van der Waals surface area contributed by atoms with Gasteiger partial charge in [0.25, 0.3) is 0 Å². The van der Waals surface area contributed by atoms with Gasteiger partial charge in [0.05, 0.1) is 19.6 Å². The van der Waals surface area contributed by atoms with Crippen LogP contribution < -0.4 is 16.0 Å². The molecule has 1 fully saturated rings. The number of carbonyl (C=O) groups excluding carboxylic acids is 2. The number of likely N-dealkylation sites (tertiary alicyclic amines) is 1. The molecule has 106 valence electrons. The van der Waals surface area contributed by atoms with Crippen LogP contribution >= 0.6 is 0 Å². The van der Waals surface area contributed by atoms with Gasteiger partial charge >= 0.3 is 0 Å². The van der Waals surface area contributed by atoms with Crippen molar-refractivity contribution in [3.63, 3.8) is 0 Å². The normalized spacial score (nSPS) is 16.6. The van der Waals surface area contributed by atoms with Crippen molar-refractivity contribution in [1.29, 1.82) is 0 Å². The summed E-state index contributed by atoms with van der Waals surface area (Å²) in [6.45, 7) is 2.74. The van der Waals surface area contributed by atoms with Crippen LogP contribution in [0.2, 0.25) is 0 Å². The summed E-state index contributed by atoms with van der Waals surface area (Å²) in [7, 11) is 1.64. The zero-order valence-electron chi connectivity index (χ0n) is 11.4. The van der Waals surface area contributed by atoms with E-state index < -0.39 is 0 Å². The summed E-state index contributed by atoms with van der Waals surface area (Å²) in [5.74, 6) is 2.42. The summed E-state index contributed by atoms with van der Waals surface area (Å²) in [4.78, 5) is 24.9. The Bertz CT molecular complexity index is 343. The van der Waals surface area contributed by atoms with Gasteiger partial charge in [-0.25, -0.2) is 0 Å². The second-order valence-corrected chi connectivity index (χ2v) is 4.60. The van der Waals surface area contributed by atoms with Gasteiger partial charge in [0.2, 0.25) is 11.8 Å². The molecule has 0 saturated carbocycles. The van der Waals surface area contributed by atoms with Gasteiger partial charge < -0.3 is 10.6 Å². The highest BCUT2D eigenvalue weighted by Gasteiger charge is 2.21. The van der Waals surface area contributed by atoms with E-state index in [1.807, 2.05) is 0 Å². The second-order valence-electron chi connectivity index (χ2n) is 4.60. The fourth-order valence-corrected chi connectivity index (χ4v) is 2.04. The van der Waals surface area contributed by atoms with E-state index in [4.69, 9.17) is 6.42 Å². The highest BCUT2D eigenvalue weighted by molar-refractivity contribution is 5.78. The van der Waals surface area contributed by atoms with Crippen molar-refractivity contribution in [2.24, 2.45) is 0 Å². The van der Waals surface area contributed by atoms with Gasteiger partial charge in [-0.05, 0) is 12.8 Å². The van der Waals surface area contributed by atoms with Crippen molar-refractivity contribution >= 4 is 11.8 Å². The molecule has 0 aromatic carbocycles. The fourth-order valence-electron chi connectivity index (χ4n) is 2.04. The molecule has 0 radical (unpaired) electrons. The molecule has 0 bridgehead atoms. The predicted octanol–water partition coefficient (Wildman–Crippen LogP) is -1.46. The van der Waals surface area contributed by atoms with Crippen LogP contribution in [-0.4, -0.2) is 62.5 Å². The molecule has 1 aliphatic heterocycles. The van der Waals surface area contributed by atoms with Crippen molar-refractivity contribution in [2.75, 3.05) is 39.8 Å². The van der Waals surface area contributed by atoms with Crippen molar-refractivity contribution < 1.29 is 9.59 Å². The smallest absolute Gasteiger partial charge is 0.234 e. The van der Waals surface area contributed by atoms with Gasteiger partial charge in [-0.1, -0.05) is 5.92 Å². The number of terminal acetylenes is 1. The molecular formula is C13H22N4O2. The Morgan fingerprint density at radius 3 is 2.58 bits per heavy atom. The number of nitrogens with zero attached hydrogens (tertiary/aromatic N) is 1. The predicted molar refractivity (Wildman–Crippen MR) is 73.4 cm³/mol. The monoisotopic (exact) mass is 266 g/mol. The van der Waals surface area contributed by atoms with Crippen molar-refractivity contribution in [1.82, 2.24) is 20.9 Å². The molecule has 19 heavy (non-hydrogen) atoms. The highest BCUT2D eigenvalue weighted by Crippen LogP contribution is 2.09. The molecule has 2 amide bonds. The van der Waals surface area contributed by atoms with E-state index in [2.05, 4.69) is 26.8 Å². The molecule has 0 unspecified atom stereocenters. The lowest BCUT2D eigenvalue weighted by molar-refractivity contribution is -0.123. The van der Waals surface area contributed by atoms with Crippen LogP contribution in [0.3, 0.4) is 0 Å². The maximum absolute atomic E-state index is 11.6. The third-order valence-electron chi connectivity index (χ3n) is 3.11. The third kappa shape index (κ3) is 6.22. The summed E-state index contributed by atoms with van der Waals surface area (Å²) in [5.41, 5.74) is 0. The summed E-state index contributed by atoms with van der Waals surface area (Å²) in [5, 5.41) is 8.43. The molecule has 3 N–H and O–H groups in total. The lowest BCUT2D eigenvalue weighted by atomic mass is 10.1. The number of likely N-dealkylation sites (N-methyl/N-ethyl adjacent to an activating group) is 1. The first-order valence-electron chi connectivity index (χ1n) is 6.52. The number of nitrogens with one attached hydrogen (secondary N) is 3. The summed E-state index contributed by atoms with van der Waals surface area (Å²) in [6.07, 6.45) is 6.83. The average molecular weight is 266 g/mol. The van der Waals surface area contributed by atoms with Crippen LogP contribution in [0, 0.1) is 12.3 Å². The molecule has 0 aromatic heterocycles. The Hall–Kier alpha value is -1.58. The Morgan fingerprint density at radius 1 is 1.32 bits per heavy atom. The van der Waals surface area contributed by atoms with Crippen molar-refractivity contribution in [3.8, 4) is 12.3 Å². The highest BCUT2D eigenvalue weighted by atomic mass is 16.2. The Balaban J connectivity index is 2.17. The molecule has 0 spiro atoms. The molecule has 6 heteroatoms. The first-order valence-corrected chi connectivity index (χ1v) is 6.52. The van der Waals surface area contributed by atoms with Gasteiger partial charge in [-0.15, -0.1) is 6.42 Å². The standard InChI is InChI=1S/C13H22N4O2/c1-3-6-15-9-12(18)16-11-4-7-17(8-5-11)10-13(19)14-2/h1,11,15H,4-10H2,2H3,(H,14,19)(H,16,18). The minimum absolute atomic E-state index is 0.0278. The van der Waals surface area contributed by atoms with E-state index in [1.54, 1.807) is 7.05 Å². The zero-order valence-corrected chi connectivity index (χ0v) is 11.4. The summed E-state index contributed by atoms with van der Waals surface area (Å²) < 4.78 is 0. The van der Waals surface area contributed by atoms with E-state index in [9.17, 15) is 9.59 Å². The molecule has 1 saturated heterocycles. The second kappa shape index (κ2) is 8.51. The Labute approximate surface area is 114 Å². The molecule has 0 aliphatic carbocycles. The first-order chi connectivity index (χ1) is 9.15. The van der Waals surface area contributed by atoms with Crippen LogP contribution in [0.1, 0.15) is 12.8 Å². The molecule has 1 rings (SSSR count). The number of hydrogen-bond donors (Lipinski definition) is 3. The van der Waals surface area contributed by atoms with Gasteiger partial charge in [-0.2, -0.15) is 0 Å². The van der Waals surface area contributed by atoms with Crippen LogP contribution in [0.5, 0.6) is 0 Å².